The number of aryl methyl sites for hydroxylation is 1. The predicted octanol–water partition coefficient (Wildman–Crippen LogP) is 3.34. The summed E-state index contributed by atoms with van der Waals surface area (Å²) < 4.78 is 2.38. The molecular weight excluding hydrogens is 419 g/mol. The first-order chi connectivity index (χ1) is 9.13. The number of benzene rings is 1. The number of alkyl halides is 1. The molecule has 1 aromatic heterocycles. The van der Waals surface area contributed by atoms with Crippen LogP contribution in [-0.2, 0) is 6.54 Å². The van der Waals surface area contributed by atoms with Crippen LogP contribution in [0.25, 0.3) is 0 Å². The fourth-order valence-corrected chi connectivity index (χ4v) is 2.91. The first-order valence-corrected chi connectivity index (χ1v) is 8.16. The van der Waals surface area contributed by atoms with Crippen LogP contribution >= 0.6 is 38.5 Å². The Morgan fingerprint density at radius 3 is 2.68 bits per heavy atom. The average molecular weight is 433 g/mol. The molecule has 0 bridgehead atoms. The van der Waals surface area contributed by atoms with Gasteiger partial charge >= 0.3 is 0 Å². The summed E-state index contributed by atoms with van der Waals surface area (Å²) in [6.45, 7) is 2.49. The van der Waals surface area contributed by atoms with Gasteiger partial charge in [-0.15, -0.1) is 0 Å². The highest BCUT2D eigenvalue weighted by Gasteiger charge is 2.13. The maximum Gasteiger partial charge on any atom is 0.267 e. The van der Waals surface area contributed by atoms with Crippen LogP contribution in [0.2, 0.25) is 0 Å². The van der Waals surface area contributed by atoms with Crippen LogP contribution in [0.15, 0.2) is 41.5 Å². The molecule has 100 valence electrons. The maximum absolute atomic E-state index is 12.2. The largest absolute Gasteiger partial charge is 0.298 e. The van der Waals surface area contributed by atoms with E-state index in [4.69, 9.17) is 0 Å². The quantitative estimate of drug-likeness (QED) is 0.548. The highest BCUT2D eigenvalue weighted by Crippen LogP contribution is 2.19. The van der Waals surface area contributed by atoms with Crippen molar-refractivity contribution in [2.24, 2.45) is 0 Å². The van der Waals surface area contributed by atoms with Crippen LogP contribution in [0.4, 0.5) is 0 Å². The molecule has 0 radical (unpaired) electrons. The van der Waals surface area contributed by atoms with Gasteiger partial charge < -0.3 is 0 Å². The van der Waals surface area contributed by atoms with E-state index in [1.165, 1.54) is 5.56 Å². The third kappa shape index (κ3) is 3.45. The van der Waals surface area contributed by atoms with Crippen LogP contribution < -0.4 is 5.56 Å². The number of hydrogen-bond acceptors (Lipinski definition) is 2. The second kappa shape index (κ2) is 6.65. The van der Waals surface area contributed by atoms with E-state index >= 15 is 0 Å². The summed E-state index contributed by atoms with van der Waals surface area (Å²) in [5.41, 5.74) is 2.05. The van der Waals surface area contributed by atoms with Crippen molar-refractivity contribution in [2.45, 2.75) is 19.4 Å². The van der Waals surface area contributed by atoms with Gasteiger partial charge in [0.1, 0.15) is 0 Å². The molecule has 5 heteroatoms. The van der Waals surface area contributed by atoms with E-state index in [-0.39, 0.29) is 11.5 Å². The Hall–Kier alpha value is -0.690. The molecule has 2 rings (SSSR count). The maximum atomic E-state index is 12.2. The van der Waals surface area contributed by atoms with Crippen molar-refractivity contribution < 1.29 is 0 Å². The average Bonchev–Trinajstić information content (AvgIpc) is 2.45. The highest BCUT2D eigenvalue weighted by molar-refractivity contribution is 14.1. The third-order valence-corrected chi connectivity index (χ3v) is 5.05. The standard InChI is InChI=1S/C14H14BrIN2O/c1-10-13(16)14(19)18(9-17-10)8-12(7-15)11-5-3-2-4-6-11/h2-6,9,12H,7-8H2,1H3. The molecule has 0 amide bonds. The van der Waals surface area contributed by atoms with Crippen molar-refractivity contribution in [1.82, 2.24) is 9.55 Å². The topological polar surface area (TPSA) is 34.9 Å². The number of halogens is 2. The minimum Gasteiger partial charge on any atom is -0.298 e. The van der Waals surface area contributed by atoms with Gasteiger partial charge in [-0.05, 0) is 35.1 Å². The Bertz CT molecular complexity index is 613. The summed E-state index contributed by atoms with van der Waals surface area (Å²) in [5.74, 6) is 0.263. The van der Waals surface area contributed by atoms with Crippen molar-refractivity contribution >= 4 is 38.5 Å². The van der Waals surface area contributed by atoms with E-state index in [1.807, 2.05) is 25.1 Å². The van der Waals surface area contributed by atoms with Crippen LogP contribution in [0.5, 0.6) is 0 Å². The molecule has 2 aromatic rings. The molecule has 0 aliphatic rings. The van der Waals surface area contributed by atoms with Crippen LogP contribution in [0.1, 0.15) is 17.2 Å². The molecule has 0 saturated carbocycles. The number of rotatable bonds is 4. The third-order valence-electron chi connectivity index (χ3n) is 3.03. The lowest BCUT2D eigenvalue weighted by Gasteiger charge is -2.16. The Balaban J connectivity index is 2.30. The number of nitrogens with zero attached hydrogens (tertiary/aromatic N) is 2. The van der Waals surface area contributed by atoms with E-state index < -0.39 is 0 Å². The van der Waals surface area contributed by atoms with Crippen LogP contribution in [0, 0.1) is 10.5 Å². The summed E-state index contributed by atoms with van der Waals surface area (Å²) in [4.78, 5) is 16.4. The van der Waals surface area contributed by atoms with Gasteiger partial charge in [0.15, 0.2) is 0 Å². The first kappa shape index (κ1) is 14.7. The SMILES string of the molecule is Cc1ncn(CC(CBr)c2ccccc2)c(=O)c1I. The van der Waals surface area contributed by atoms with Crippen molar-refractivity contribution in [2.75, 3.05) is 5.33 Å². The van der Waals surface area contributed by atoms with E-state index in [0.29, 0.717) is 10.1 Å². The first-order valence-electron chi connectivity index (χ1n) is 5.96. The van der Waals surface area contributed by atoms with Gasteiger partial charge in [-0.1, -0.05) is 46.3 Å². The minimum absolute atomic E-state index is 0.0370. The molecule has 3 nitrogen and oxygen atoms in total. The summed E-state index contributed by atoms with van der Waals surface area (Å²) in [7, 11) is 0. The molecular formula is C14H14BrIN2O. The summed E-state index contributed by atoms with van der Waals surface area (Å²) in [6.07, 6.45) is 1.64. The normalized spacial score (nSPS) is 12.4. The van der Waals surface area contributed by atoms with Gasteiger partial charge in [-0.2, -0.15) is 0 Å². The summed E-state index contributed by atoms with van der Waals surface area (Å²) in [6, 6.07) is 10.2. The van der Waals surface area contributed by atoms with Gasteiger partial charge in [-0.3, -0.25) is 9.36 Å². The van der Waals surface area contributed by atoms with E-state index in [9.17, 15) is 4.79 Å². The second-order valence-electron chi connectivity index (χ2n) is 4.36. The van der Waals surface area contributed by atoms with Gasteiger partial charge in [0.05, 0.1) is 15.6 Å². The molecule has 1 heterocycles. The van der Waals surface area contributed by atoms with Gasteiger partial charge in [0, 0.05) is 17.8 Å². The Kier molecular flexibility index (Phi) is 5.15. The Labute approximate surface area is 134 Å². The van der Waals surface area contributed by atoms with Crippen LogP contribution in [0.3, 0.4) is 0 Å². The molecule has 0 aliphatic heterocycles. The lowest BCUT2D eigenvalue weighted by molar-refractivity contribution is 0.575. The van der Waals surface area contributed by atoms with Gasteiger partial charge in [0.25, 0.3) is 5.56 Å². The van der Waals surface area contributed by atoms with Crippen molar-refractivity contribution in [3.8, 4) is 0 Å². The zero-order valence-electron chi connectivity index (χ0n) is 10.5. The second-order valence-corrected chi connectivity index (χ2v) is 6.09. The van der Waals surface area contributed by atoms with Gasteiger partial charge in [-0.25, -0.2) is 4.98 Å². The zero-order chi connectivity index (χ0) is 13.8. The Morgan fingerprint density at radius 1 is 1.37 bits per heavy atom. The minimum atomic E-state index is 0.0370. The van der Waals surface area contributed by atoms with Gasteiger partial charge in [0.2, 0.25) is 0 Å². The smallest absolute Gasteiger partial charge is 0.267 e. The lowest BCUT2D eigenvalue weighted by Crippen LogP contribution is -2.27. The molecule has 0 aliphatic carbocycles. The monoisotopic (exact) mass is 432 g/mol. The van der Waals surface area contributed by atoms with Crippen molar-refractivity contribution in [3.05, 3.63) is 61.8 Å². The van der Waals surface area contributed by atoms with Crippen LogP contribution in [-0.4, -0.2) is 14.9 Å². The Morgan fingerprint density at radius 2 is 2.05 bits per heavy atom. The molecule has 0 N–H and O–H groups in total. The molecule has 1 aromatic carbocycles. The molecule has 1 atom stereocenters. The summed E-state index contributed by atoms with van der Waals surface area (Å²) >= 11 is 5.59. The molecule has 1 unspecified atom stereocenters. The number of hydrogen-bond donors (Lipinski definition) is 0. The lowest BCUT2D eigenvalue weighted by atomic mass is 10.0. The molecule has 0 fully saturated rings. The molecule has 0 saturated heterocycles. The van der Waals surface area contributed by atoms with E-state index in [0.717, 1.165) is 11.0 Å². The fourth-order valence-electron chi connectivity index (χ4n) is 1.88. The van der Waals surface area contributed by atoms with E-state index in [1.54, 1.807) is 10.9 Å². The molecule has 19 heavy (non-hydrogen) atoms. The molecule has 0 spiro atoms. The highest BCUT2D eigenvalue weighted by atomic mass is 127. The zero-order valence-corrected chi connectivity index (χ0v) is 14.3. The summed E-state index contributed by atoms with van der Waals surface area (Å²) in [5, 5.41) is 0.813. The number of aromatic nitrogens is 2. The van der Waals surface area contributed by atoms with E-state index in [2.05, 4.69) is 55.6 Å². The van der Waals surface area contributed by atoms with Crippen molar-refractivity contribution in [3.63, 3.8) is 0 Å². The fraction of sp³-hybridized carbons (Fsp3) is 0.286. The predicted molar refractivity (Wildman–Crippen MR) is 88.9 cm³/mol. The van der Waals surface area contributed by atoms with Crippen molar-refractivity contribution in [1.29, 1.82) is 0 Å².